The summed E-state index contributed by atoms with van der Waals surface area (Å²) in [6.07, 6.45) is 6.18. The van der Waals surface area contributed by atoms with Gasteiger partial charge in [0.25, 0.3) is 0 Å². The van der Waals surface area contributed by atoms with E-state index in [2.05, 4.69) is 36.5 Å². The van der Waals surface area contributed by atoms with Gasteiger partial charge in [-0.1, -0.05) is 30.3 Å². The Labute approximate surface area is 156 Å². The molecule has 138 valence electrons. The molecule has 0 fully saturated rings. The molecule has 0 saturated carbocycles. The van der Waals surface area contributed by atoms with Gasteiger partial charge in [-0.15, -0.1) is 0 Å². The van der Waals surface area contributed by atoms with Crippen molar-refractivity contribution in [1.82, 2.24) is 5.32 Å². The predicted octanol–water partition coefficient (Wildman–Crippen LogP) is 4.69. The Balaban J connectivity index is 1.55. The van der Waals surface area contributed by atoms with Crippen molar-refractivity contribution in [1.29, 1.82) is 0 Å². The van der Waals surface area contributed by atoms with E-state index in [9.17, 15) is 4.79 Å². The molecular formula is C23H29NO2. The smallest absolute Gasteiger partial charge is 0.220 e. The maximum atomic E-state index is 12.4. The van der Waals surface area contributed by atoms with Crippen LogP contribution in [0.25, 0.3) is 0 Å². The summed E-state index contributed by atoms with van der Waals surface area (Å²) in [5.41, 5.74) is 6.42. The van der Waals surface area contributed by atoms with Gasteiger partial charge in [-0.25, -0.2) is 0 Å². The second kappa shape index (κ2) is 8.39. The van der Waals surface area contributed by atoms with Crippen molar-refractivity contribution in [3.05, 3.63) is 64.2 Å². The molecule has 1 aliphatic rings. The maximum Gasteiger partial charge on any atom is 0.220 e. The molecule has 2 aromatic rings. The lowest BCUT2D eigenvalue weighted by Crippen LogP contribution is -2.27. The second-order valence-corrected chi connectivity index (χ2v) is 7.33. The normalized spacial score (nSPS) is 14.4. The van der Waals surface area contributed by atoms with E-state index < -0.39 is 0 Å². The molecular weight excluding hydrogens is 322 g/mol. The molecule has 0 saturated heterocycles. The van der Waals surface area contributed by atoms with E-state index in [1.807, 2.05) is 19.1 Å². The van der Waals surface area contributed by atoms with Crippen LogP contribution < -0.4 is 10.1 Å². The van der Waals surface area contributed by atoms with Gasteiger partial charge in [0.2, 0.25) is 5.91 Å². The van der Waals surface area contributed by atoms with Crippen LogP contribution in [0.3, 0.4) is 0 Å². The Morgan fingerprint density at radius 1 is 1.12 bits per heavy atom. The van der Waals surface area contributed by atoms with Crippen LogP contribution in [-0.4, -0.2) is 13.0 Å². The highest BCUT2D eigenvalue weighted by Gasteiger charge is 2.14. The van der Waals surface area contributed by atoms with E-state index in [1.165, 1.54) is 47.9 Å². The summed E-state index contributed by atoms with van der Waals surface area (Å²) in [7, 11) is 1.68. The molecule has 3 rings (SSSR count). The summed E-state index contributed by atoms with van der Waals surface area (Å²) in [4.78, 5) is 12.4. The third-order valence-electron chi connectivity index (χ3n) is 5.35. The fourth-order valence-corrected chi connectivity index (χ4v) is 3.77. The first kappa shape index (κ1) is 18.5. The number of carbonyl (C=O) groups excluding carboxylic acids is 1. The molecule has 0 heterocycles. The molecule has 3 heteroatoms. The number of nitrogens with one attached hydrogen (secondary N) is 1. The van der Waals surface area contributed by atoms with Gasteiger partial charge in [-0.2, -0.15) is 0 Å². The fourth-order valence-electron chi connectivity index (χ4n) is 3.77. The Morgan fingerprint density at radius 2 is 1.88 bits per heavy atom. The van der Waals surface area contributed by atoms with Crippen LogP contribution in [0.4, 0.5) is 0 Å². The zero-order chi connectivity index (χ0) is 18.5. The number of carbonyl (C=O) groups is 1. The van der Waals surface area contributed by atoms with E-state index >= 15 is 0 Å². The van der Waals surface area contributed by atoms with E-state index in [0.717, 1.165) is 17.7 Å². The van der Waals surface area contributed by atoms with Crippen molar-refractivity contribution in [3.63, 3.8) is 0 Å². The molecule has 3 nitrogen and oxygen atoms in total. The Bertz CT molecular complexity index is 782. The number of amides is 1. The van der Waals surface area contributed by atoms with Gasteiger partial charge in [-0.05, 0) is 79.8 Å². The van der Waals surface area contributed by atoms with Crippen LogP contribution in [0.5, 0.6) is 5.75 Å². The summed E-state index contributed by atoms with van der Waals surface area (Å²) in [6, 6.07) is 12.8. The number of methoxy groups -OCH3 is 1. The van der Waals surface area contributed by atoms with Crippen molar-refractivity contribution in [2.45, 2.75) is 58.4 Å². The molecule has 1 unspecified atom stereocenters. The van der Waals surface area contributed by atoms with Crippen molar-refractivity contribution < 1.29 is 9.53 Å². The van der Waals surface area contributed by atoms with Gasteiger partial charge in [0.15, 0.2) is 0 Å². The summed E-state index contributed by atoms with van der Waals surface area (Å²) in [5, 5.41) is 3.15. The van der Waals surface area contributed by atoms with Crippen LogP contribution in [0.2, 0.25) is 0 Å². The Kier molecular flexibility index (Phi) is 5.97. The zero-order valence-corrected chi connectivity index (χ0v) is 16.1. The molecule has 2 aromatic carbocycles. The van der Waals surface area contributed by atoms with Crippen LogP contribution in [-0.2, 0) is 24.1 Å². The van der Waals surface area contributed by atoms with E-state index in [-0.39, 0.29) is 11.9 Å². The lowest BCUT2D eigenvalue weighted by molar-refractivity contribution is -0.121. The largest absolute Gasteiger partial charge is 0.496 e. The third kappa shape index (κ3) is 4.46. The number of hydrogen-bond donors (Lipinski definition) is 1. The van der Waals surface area contributed by atoms with Gasteiger partial charge in [0, 0.05) is 6.42 Å². The minimum Gasteiger partial charge on any atom is -0.496 e. The van der Waals surface area contributed by atoms with Gasteiger partial charge in [0.1, 0.15) is 5.75 Å². The summed E-state index contributed by atoms with van der Waals surface area (Å²) >= 11 is 0. The van der Waals surface area contributed by atoms with Crippen molar-refractivity contribution in [2.75, 3.05) is 7.11 Å². The minimum atomic E-state index is 0.0485. The molecule has 1 atom stereocenters. The van der Waals surface area contributed by atoms with Crippen molar-refractivity contribution >= 4 is 5.91 Å². The first-order valence-electron chi connectivity index (χ1n) is 9.61. The minimum absolute atomic E-state index is 0.0485. The summed E-state index contributed by atoms with van der Waals surface area (Å²) < 4.78 is 5.29. The topological polar surface area (TPSA) is 38.3 Å². The van der Waals surface area contributed by atoms with Crippen molar-refractivity contribution in [2.24, 2.45) is 0 Å². The predicted molar refractivity (Wildman–Crippen MR) is 106 cm³/mol. The number of fused-ring (bicyclic) bond motifs is 1. The molecule has 26 heavy (non-hydrogen) atoms. The molecule has 0 aliphatic heterocycles. The highest BCUT2D eigenvalue weighted by atomic mass is 16.5. The Morgan fingerprint density at radius 3 is 2.62 bits per heavy atom. The number of ether oxygens (including phenoxy) is 1. The van der Waals surface area contributed by atoms with Gasteiger partial charge >= 0.3 is 0 Å². The quantitative estimate of drug-likeness (QED) is 0.820. The highest BCUT2D eigenvalue weighted by Crippen LogP contribution is 2.25. The number of aryl methyl sites for hydroxylation is 4. The number of rotatable bonds is 6. The first-order valence-corrected chi connectivity index (χ1v) is 9.61. The first-order chi connectivity index (χ1) is 12.6. The fraction of sp³-hybridized carbons (Fsp3) is 0.435. The molecule has 1 N–H and O–H groups in total. The molecule has 1 amide bonds. The third-order valence-corrected chi connectivity index (χ3v) is 5.35. The number of hydrogen-bond acceptors (Lipinski definition) is 2. The van der Waals surface area contributed by atoms with Crippen molar-refractivity contribution in [3.8, 4) is 5.75 Å². The number of benzene rings is 2. The maximum absolute atomic E-state index is 12.4. The molecule has 0 spiro atoms. The average Bonchev–Trinajstić information content (AvgIpc) is 2.66. The molecule has 1 aliphatic carbocycles. The van der Waals surface area contributed by atoms with Crippen LogP contribution in [0, 0.1) is 6.92 Å². The molecule has 0 bridgehead atoms. The lowest BCUT2D eigenvalue weighted by Gasteiger charge is -2.20. The van der Waals surface area contributed by atoms with Gasteiger partial charge < -0.3 is 10.1 Å². The summed E-state index contributed by atoms with van der Waals surface area (Å²) in [6.45, 7) is 4.10. The lowest BCUT2D eigenvalue weighted by atomic mass is 9.89. The second-order valence-electron chi connectivity index (χ2n) is 7.33. The standard InChI is InChI=1S/C23H29NO2/c1-16-14-18(8-12-22(16)26-3)9-13-23(25)24-17(2)20-11-10-19-6-4-5-7-21(19)15-20/h8,10-12,14-15,17H,4-7,9,13H2,1-3H3,(H,24,25). The van der Waals surface area contributed by atoms with Crippen LogP contribution in [0.15, 0.2) is 36.4 Å². The SMILES string of the molecule is COc1ccc(CCC(=O)NC(C)c2ccc3c(c2)CCCC3)cc1C. The molecule has 0 radical (unpaired) electrons. The molecule has 0 aromatic heterocycles. The van der Waals surface area contributed by atoms with Gasteiger partial charge in [0.05, 0.1) is 13.2 Å². The average molecular weight is 351 g/mol. The van der Waals surface area contributed by atoms with Crippen LogP contribution >= 0.6 is 0 Å². The zero-order valence-electron chi connectivity index (χ0n) is 16.1. The monoisotopic (exact) mass is 351 g/mol. The highest BCUT2D eigenvalue weighted by molar-refractivity contribution is 5.76. The van der Waals surface area contributed by atoms with E-state index in [1.54, 1.807) is 7.11 Å². The van der Waals surface area contributed by atoms with Crippen LogP contribution in [0.1, 0.15) is 60.0 Å². The van der Waals surface area contributed by atoms with Gasteiger partial charge in [-0.3, -0.25) is 4.79 Å². The summed E-state index contributed by atoms with van der Waals surface area (Å²) in [5.74, 6) is 0.989. The van der Waals surface area contributed by atoms with E-state index in [0.29, 0.717) is 6.42 Å². The van der Waals surface area contributed by atoms with E-state index in [4.69, 9.17) is 4.74 Å². The Hall–Kier alpha value is -2.29.